The molecule has 5 rings (SSSR count). The van der Waals surface area contributed by atoms with E-state index in [1.54, 1.807) is 11.8 Å². The smallest absolute Gasteiger partial charge is 0.174 e. The second-order valence-electron chi connectivity index (χ2n) is 6.30. The Hall–Kier alpha value is -2.65. The molecule has 0 aromatic heterocycles. The minimum absolute atomic E-state index is 0.0310. The number of rotatable bonds is 1. The summed E-state index contributed by atoms with van der Waals surface area (Å²) >= 11 is 1.75. The zero-order chi connectivity index (χ0) is 16.8. The van der Waals surface area contributed by atoms with E-state index >= 15 is 0 Å². The van der Waals surface area contributed by atoms with Gasteiger partial charge in [0.2, 0.25) is 0 Å². The van der Waals surface area contributed by atoms with Gasteiger partial charge in [0.15, 0.2) is 5.78 Å². The van der Waals surface area contributed by atoms with Crippen LogP contribution >= 0.6 is 11.8 Å². The van der Waals surface area contributed by atoms with Crippen molar-refractivity contribution < 1.29 is 4.79 Å². The third-order valence-electron chi connectivity index (χ3n) is 4.84. The number of nitrogens with zero attached hydrogens (tertiary/aromatic N) is 1. The summed E-state index contributed by atoms with van der Waals surface area (Å²) in [6.07, 6.45) is 0. The van der Waals surface area contributed by atoms with Crippen molar-refractivity contribution in [3.05, 3.63) is 95.6 Å². The maximum atomic E-state index is 13.2. The molecule has 0 radical (unpaired) electrons. The third kappa shape index (κ3) is 2.27. The minimum atomic E-state index is -0.239. The van der Waals surface area contributed by atoms with Gasteiger partial charge in [0.05, 0.1) is 22.6 Å². The Labute approximate surface area is 150 Å². The van der Waals surface area contributed by atoms with Crippen molar-refractivity contribution >= 4 is 28.9 Å². The predicted molar refractivity (Wildman–Crippen MR) is 102 cm³/mol. The lowest BCUT2D eigenvalue weighted by Crippen LogP contribution is -2.21. The Balaban J connectivity index is 1.77. The molecular weight excluding hydrogens is 326 g/mol. The van der Waals surface area contributed by atoms with Gasteiger partial charge in [-0.3, -0.25) is 9.79 Å². The van der Waals surface area contributed by atoms with Gasteiger partial charge in [-0.05, 0) is 17.7 Å². The van der Waals surface area contributed by atoms with Gasteiger partial charge in [-0.1, -0.05) is 66.7 Å². The molecule has 0 saturated heterocycles. The van der Waals surface area contributed by atoms with Crippen LogP contribution in [0.3, 0.4) is 0 Å². The molecule has 1 heterocycles. The Morgan fingerprint density at radius 2 is 1.44 bits per heavy atom. The summed E-state index contributed by atoms with van der Waals surface area (Å²) in [5, 5.41) is 0.0310. The third-order valence-corrected chi connectivity index (χ3v) is 6.23. The molecule has 1 aliphatic heterocycles. The minimum Gasteiger partial charge on any atom is -0.293 e. The van der Waals surface area contributed by atoms with Crippen molar-refractivity contribution in [2.24, 2.45) is 10.9 Å². The number of hydrogen-bond donors (Lipinski definition) is 0. The lowest BCUT2D eigenvalue weighted by atomic mass is 9.93. The van der Waals surface area contributed by atoms with Crippen molar-refractivity contribution in [3.8, 4) is 0 Å². The first-order chi connectivity index (χ1) is 12.3. The van der Waals surface area contributed by atoms with Crippen molar-refractivity contribution in [1.29, 1.82) is 0 Å². The van der Waals surface area contributed by atoms with Crippen LogP contribution in [-0.2, 0) is 0 Å². The number of Topliss-reactive ketones (excluding diaryl/α,β-unsaturated/α-hetero) is 1. The largest absolute Gasteiger partial charge is 0.293 e. The summed E-state index contributed by atoms with van der Waals surface area (Å²) in [5.74, 6) is -0.0549. The van der Waals surface area contributed by atoms with E-state index in [0.717, 1.165) is 27.4 Å². The number of ketones is 1. The Bertz CT molecular complexity index is 1010. The summed E-state index contributed by atoms with van der Waals surface area (Å²) in [5.41, 5.74) is 4.81. The number of hydrogen-bond acceptors (Lipinski definition) is 3. The van der Waals surface area contributed by atoms with E-state index in [0.29, 0.717) is 0 Å². The van der Waals surface area contributed by atoms with Crippen molar-refractivity contribution in [1.82, 2.24) is 0 Å². The predicted octanol–water partition coefficient (Wildman–Crippen LogP) is 5.47. The maximum absolute atomic E-state index is 13.2. The lowest BCUT2D eigenvalue weighted by Gasteiger charge is -2.21. The molecule has 3 heteroatoms. The van der Waals surface area contributed by atoms with E-state index in [1.807, 2.05) is 60.7 Å². The van der Waals surface area contributed by atoms with Gasteiger partial charge < -0.3 is 0 Å². The molecule has 2 atom stereocenters. The maximum Gasteiger partial charge on any atom is 0.174 e. The average Bonchev–Trinajstić information content (AvgIpc) is 2.84. The molecule has 0 fully saturated rings. The summed E-state index contributed by atoms with van der Waals surface area (Å²) in [6.45, 7) is 0. The highest BCUT2D eigenvalue weighted by Gasteiger charge is 2.44. The fourth-order valence-electron chi connectivity index (χ4n) is 3.68. The molecule has 1 aliphatic carbocycles. The van der Waals surface area contributed by atoms with Crippen LogP contribution < -0.4 is 0 Å². The monoisotopic (exact) mass is 341 g/mol. The Kier molecular flexibility index (Phi) is 3.35. The van der Waals surface area contributed by atoms with E-state index in [-0.39, 0.29) is 17.0 Å². The normalized spacial score (nSPS) is 21.0. The molecule has 0 saturated carbocycles. The van der Waals surface area contributed by atoms with Crippen molar-refractivity contribution in [2.75, 3.05) is 0 Å². The first-order valence-electron chi connectivity index (χ1n) is 8.36. The molecule has 3 aromatic carbocycles. The van der Waals surface area contributed by atoms with Gasteiger partial charge in [0, 0.05) is 16.0 Å². The van der Waals surface area contributed by atoms with E-state index in [1.165, 1.54) is 5.56 Å². The zero-order valence-electron chi connectivity index (χ0n) is 13.4. The van der Waals surface area contributed by atoms with Crippen LogP contribution in [0.5, 0.6) is 0 Å². The number of thioether (sulfide) groups is 1. The van der Waals surface area contributed by atoms with E-state index in [4.69, 9.17) is 4.99 Å². The second-order valence-corrected chi connectivity index (χ2v) is 7.48. The van der Waals surface area contributed by atoms with Crippen LogP contribution in [0.15, 0.2) is 88.8 Å². The zero-order valence-corrected chi connectivity index (χ0v) is 14.2. The van der Waals surface area contributed by atoms with Crippen LogP contribution in [0, 0.1) is 5.92 Å². The number of benzene rings is 3. The molecule has 0 bridgehead atoms. The number of carbonyl (C=O) groups is 1. The van der Waals surface area contributed by atoms with E-state index < -0.39 is 0 Å². The summed E-state index contributed by atoms with van der Waals surface area (Å²) in [7, 11) is 0. The highest BCUT2D eigenvalue weighted by Crippen LogP contribution is 2.51. The highest BCUT2D eigenvalue weighted by molar-refractivity contribution is 7.99. The molecule has 120 valence electrons. The molecular formula is C22H15NOS. The van der Waals surface area contributed by atoms with Crippen molar-refractivity contribution in [3.63, 3.8) is 0 Å². The number of fused-ring (bicyclic) bond motifs is 4. The van der Waals surface area contributed by atoms with Crippen LogP contribution in [0.1, 0.15) is 26.7 Å². The summed E-state index contributed by atoms with van der Waals surface area (Å²) in [4.78, 5) is 19.3. The van der Waals surface area contributed by atoms with Gasteiger partial charge in [-0.25, -0.2) is 0 Å². The quantitative estimate of drug-likeness (QED) is 0.587. The molecule has 0 amide bonds. The van der Waals surface area contributed by atoms with Crippen LogP contribution in [0.2, 0.25) is 0 Å². The molecule has 0 N–H and O–H groups in total. The van der Waals surface area contributed by atoms with E-state index in [2.05, 4.69) is 18.2 Å². The lowest BCUT2D eigenvalue weighted by molar-refractivity contribution is 0.0960. The second kappa shape index (κ2) is 5.71. The van der Waals surface area contributed by atoms with Gasteiger partial charge in [0.1, 0.15) is 0 Å². The molecule has 3 aromatic rings. The molecule has 25 heavy (non-hydrogen) atoms. The standard InChI is InChI=1S/C22H15NOS/c24-21-16-11-5-4-10-15(16)20-19(21)22(14-8-2-1-3-9-14)25-18-13-7-6-12-17(18)23-20/h1-13,19,22H. The van der Waals surface area contributed by atoms with Gasteiger partial charge in [-0.2, -0.15) is 0 Å². The topological polar surface area (TPSA) is 29.4 Å². The molecule has 0 spiro atoms. The Morgan fingerprint density at radius 1 is 0.760 bits per heavy atom. The Morgan fingerprint density at radius 3 is 2.28 bits per heavy atom. The summed E-state index contributed by atoms with van der Waals surface area (Å²) in [6, 6.07) is 26.3. The van der Waals surface area contributed by atoms with Gasteiger partial charge in [-0.15, -0.1) is 11.8 Å². The SMILES string of the molecule is O=C1c2ccccc2C2=Nc3ccccc3SC(c3ccccc3)C12. The highest BCUT2D eigenvalue weighted by atomic mass is 32.2. The van der Waals surface area contributed by atoms with Crippen molar-refractivity contribution in [2.45, 2.75) is 10.1 Å². The number of para-hydroxylation sites is 1. The van der Waals surface area contributed by atoms with Crippen LogP contribution in [0.4, 0.5) is 5.69 Å². The molecule has 2 nitrogen and oxygen atoms in total. The first-order valence-corrected chi connectivity index (χ1v) is 9.24. The fraction of sp³-hybridized carbons (Fsp3) is 0.0909. The summed E-state index contributed by atoms with van der Waals surface area (Å²) < 4.78 is 0. The van der Waals surface area contributed by atoms with Crippen LogP contribution in [0.25, 0.3) is 0 Å². The average molecular weight is 341 g/mol. The first kappa shape index (κ1) is 14.7. The van der Waals surface area contributed by atoms with Gasteiger partial charge >= 0.3 is 0 Å². The molecule has 2 aliphatic rings. The van der Waals surface area contributed by atoms with E-state index in [9.17, 15) is 4.79 Å². The molecule has 2 unspecified atom stereocenters. The fourth-order valence-corrected chi connectivity index (χ4v) is 5.03. The number of carbonyl (C=O) groups excluding carboxylic acids is 1. The van der Waals surface area contributed by atoms with Crippen LogP contribution in [-0.4, -0.2) is 11.5 Å². The number of aliphatic imine (C=N–C) groups is 1. The van der Waals surface area contributed by atoms with Gasteiger partial charge in [0.25, 0.3) is 0 Å².